The normalized spacial score (nSPS) is 11.4. The third-order valence-electron chi connectivity index (χ3n) is 3.11. The Labute approximate surface area is 126 Å². The number of benzene rings is 1. The minimum absolute atomic E-state index is 0.511. The Balaban J connectivity index is 3.07. The molecule has 1 aromatic rings. The van der Waals surface area contributed by atoms with Crippen LogP contribution in [0.25, 0.3) is 0 Å². The minimum atomic E-state index is 0.511. The zero-order valence-corrected chi connectivity index (χ0v) is 14.4. The molecule has 1 aromatic carbocycles. The van der Waals surface area contributed by atoms with Crippen molar-refractivity contribution in [3.05, 3.63) is 28.2 Å². The molecule has 0 heterocycles. The highest BCUT2D eigenvalue weighted by molar-refractivity contribution is 9.10. The van der Waals surface area contributed by atoms with E-state index < -0.39 is 0 Å². The van der Waals surface area contributed by atoms with E-state index in [0.29, 0.717) is 12.0 Å². The van der Waals surface area contributed by atoms with Crippen molar-refractivity contribution in [1.29, 1.82) is 0 Å². The highest BCUT2D eigenvalue weighted by atomic mass is 79.9. The SMILES string of the molecule is CCNCc1ccc(Br)cc1N(CC(C)C)C(C)C. The summed E-state index contributed by atoms with van der Waals surface area (Å²) in [4.78, 5) is 2.50. The van der Waals surface area contributed by atoms with Crippen molar-refractivity contribution in [3.8, 4) is 0 Å². The fourth-order valence-corrected chi connectivity index (χ4v) is 2.54. The fourth-order valence-electron chi connectivity index (χ4n) is 2.19. The van der Waals surface area contributed by atoms with Crippen LogP contribution in [-0.4, -0.2) is 19.1 Å². The zero-order chi connectivity index (χ0) is 14.4. The molecule has 3 heteroatoms. The molecule has 0 aliphatic rings. The largest absolute Gasteiger partial charge is 0.369 e. The first-order valence-electron chi connectivity index (χ1n) is 7.21. The average Bonchev–Trinajstić information content (AvgIpc) is 2.34. The molecule has 0 bridgehead atoms. The van der Waals surface area contributed by atoms with Gasteiger partial charge in [-0.1, -0.05) is 42.8 Å². The maximum absolute atomic E-state index is 3.60. The fraction of sp³-hybridized carbons (Fsp3) is 0.625. The summed E-state index contributed by atoms with van der Waals surface area (Å²) in [6.07, 6.45) is 0. The molecule has 0 aliphatic carbocycles. The highest BCUT2D eigenvalue weighted by Gasteiger charge is 2.16. The summed E-state index contributed by atoms with van der Waals surface area (Å²) < 4.78 is 1.15. The van der Waals surface area contributed by atoms with E-state index in [2.05, 4.69) is 79.0 Å². The van der Waals surface area contributed by atoms with E-state index in [4.69, 9.17) is 0 Å². The first-order chi connectivity index (χ1) is 8.95. The molecule has 0 atom stereocenters. The van der Waals surface area contributed by atoms with Crippen LogP contribution in [0.3, 0.4) is 0 Å². The van der Waals surface area contributed by atoms with Crippen molar-refractivity contribution < 1.29 is 0 Å². The molecule has 1 rings (SSSR count). The van der Waals surface area contributed by atoms with Crippen LogP contribution < -0.4 is 10.2 Å². The second kappa shape index (κ2) is 7.91. The molecule has 0 amide bonds. The first-order valence-corrected chi connectivity index (χ1v) is 8.00. The Morgan fingerprint density at radius 3 is 2.42 bits per heavy atom. The van der Waals surface area contributed by atoms with E-state index in [0.717, 1.165) is 24.1 Å². The van der Waals surface area contributed by atoms with Gasteiger partial charge >= 0.3 is 0 Å². The monoisotopic (exact) mass is 326 g/mol. The van der Waals surface area contributed by atoms with Crippen LogP contribution in [0.4, 0.5) is 5.69 Å². The van der Waals surface area contributed by atoms with Gasteiger partial charge in [0.25, 0.3) is 0 Å². The second-order valence-corrected chi connectivity index (χ2v) is 6.61. The molecule has 108 valence electrons. The number of rotatable bonds is 7. The molecule has 0 saturated carbocycles. The average molecular weight is 327 g/mol. The molecule has 0 radical (unpaired) electrons. The van der Waals surface area contributed by atoms with Gasteiger partial charge in [0.15, 0.2) is 0 Å². The van der Waals surface area contributed by atoms with Crippen molar-refractivity contribution in [1.82, 2.24) is 5.32 Å². The number of anilines is 1. The summed E-state index contributed by atoms with van der Waals surface area (Å²) >= 11 is 3.60. The van der Waals surface area contributed by atoms with Crippen molar-refractivity contribution in [2.24, 2.45) is 5.92 Å². The molecule has 0 fully saturated rings. The van der Waals surface area contributed by atoms with Crippen molar-refractivity contribution >= 4 is 21.6 Å². The van der Waals surface area contributed by atoms with E-state index in [9.17, 15) is 0 Å². The Kier molecular flexibility index (Phi) is 6.87. The molecule has 0 unspecified atom stereocenters. The maximum atomic E-state index is 3.60. The first kappa shape index (κ1) is 16.5. The summed E-state index contributed by atoms with van der Waals surface area (Å²) in [6.45, 7) is 14.2. The number of halogens is 1. The number of nitrogens with one attached hydrogen (secondary N) is 1. The highest BCUT2D eigenvalue weighted by Crippen LogP contribution is 2.27. The summed E-state index contributed by atoms with van der Waals surface area (Å²) in [5.41, 5.74) is 2.72. The maximum Gasteiger partial charge on any atom is 0.0425 e. The van der Waals surface area contributed by atoms with Crippen molar-refractivity contribution in [2.45, 2.75) is 47.2 Å². The Morgan fingerprint density at radius 1 is 1.21 bits per heavy atom. The minimum Gasteiger partial charge on any atom is -0.369 e. The lowest BCUT2D eigenvalue weighted by molar-refractivity contribution is 0.568. The van der Waals surface area contributed by atoms with Gasteiger partial charge in [-0.3, -0.25) is 0 Å². The van der Waals surface area contributed by atoms with Crippen molar-refractivity contribution in [2.75, 3.05) is 18.0 Å². The van der Waals surface area contributed by atoms with Crippen LogP contribution in [0.2, 0.25) is 0 Å². The molecule has 0 aliphatic heterocycles. The summed E-state index contributed by atoms with van der Waals surface area (Å²) in [5, 5.41) is 3.43. The standard InChI is InChI=1S/C16H27BrN2/c1-6-18-10-14-7-8-15(17)9-16(14)19(13(4)5)11-12(2)3/h7-9,12-13,18H,6,10-11H2,1-5H3. The summed E-state index contributed by atoms with van der Waals surface area (Å²) in [5.74, 6) is 0.661. The van der Waals surface area contributed by atoms with E-state index in [1.807, 2.05) is 0 Å². The van der Waals surface area contributed by atoms with Gasteiger partial charge in [-0.15, -0.1) is 0 Å². The molecule has 0 spiro atoms. The number of hydrogen-bond donors (Lipinski definition) is 1. The third kappa shape index (κ3) is 5.15. The topological polar surface area (TPSA) is 15.3 Å². The van der Waals surface area contributed by atoms with E-state index in [1.165, 1.54) is 11.3 Å². The molecule has 2 nitrogen and oxygen atoms in total. The van der Waals surface area contributed by atoms with Gasteiger partial charge in [-0.2, -0.15) is 0 Å². The number of hydrogen-bond acceptors (Lipinski definition) is 2. The second-order valence-electron chi connectivity index (χ2n) is 5.69. The molecule has 19 heavy (non-hydrogen) atoms. The van der Waals surface area contributed by atoms with Crippen molar-refractivity contribution in [3.63, 3.8) is 0 Å². The molecule has 1 N–H and O–H groups in total. The lowest BCUT2D eigenvalue weighted by atomic mass is 10.1. The molecular formula is C16H27BrN2. The quantitative estimate of drug-likeness (QED) is 0.797. The van der Waals surface area contributed by atoms with Gasteiger partial charge < -0.3 is 10.2 Å². The lowest BCUT2D eigenvalue weighted by Gasteiger charge is -2.33. The third-order valence-corrected chi connectivity index (χ3v) is 3.60. The predicted molar refractivity (Wildman–Crippen MR) is 88.8 cm³/mol. The lowest BCUT2D eigenvalue weighted by Crippen LogP contribution is -2.35. The van der Waals surface area contributed by atoms with Crippen LogP contribution in [0, 0.1) is 5.92 Å². The van der Waals surface area contributed by atoms with Gasteiger partial charge in [-0.25, -0.2) is 0 Å². The smallest absolute Gasteiger partial charge is 0.0425 e. The molecule has 0 aromatic heterocycles. The zero-order valence-electron chi connectivity index (χ0n) is 12.8. The predicted octanol–water partition coefficient (Wildman–Crippen LogP) is 4.43. The number of nitrogens with zero attached hydrogens (tertiary/aromatic N) is 1. The van der Waals surface area contributed by atoms with Gasteiger partial charge in [-0.05, 0) is 44.0 Å². The van der Waals surface area contributed by atoms with Gasteiger partial charge in [0.1, 0.15) is 0 Å². The van der Waals surface area contributed by atoms with E-state index >= 15 is 0 Å². The van der Waals surface area contributed by atoms with E-state index in [-0.39, 0.29) is 0 Å². The van der Waals surface area contributed by atoms with Gasteiger partial charge in [0.05, 0.1) is 0 Å². The molecule has 0 saturated heterocycles. The van der Waals surface area contributed by atoms with Crippen LogP contribution in [0.5, 0.6) is 0 Å². The van der Waals surface area contributed by atoms with E-state index in [1.54, 1.807) is 0 Å². The Hall–Kier alpha value is -0.540. The van der Waals surface area contributed by atoms with Crippen LogP contribution in [0.1, 0.15) is 40.2 Å². The Morgan fingerprint density at radius 2 is 1.89 bits per heavy atom. The van der Waals surface area contributed by atoms with Crippen LogP contribution in [-0.2, 0) is 6.54 Å². The van der Waals surface area contributed by atoms with Crippen LogP contribution >= 0.6 is 15.9 Å². The van der Waals surface area contributed by atoms with Crippen LogP contribution in [0.15, 0.2) is 22.7 Å². The summed E-state index contributed by atoms with van der Waals surface area (Å²) in [6, 6.07) is 7.11. The Bertz CT molecular complexity index is 388. The molecular weight excluding hydrogens is 300 g/mol. The van der Waals surface area contributed by atoms with Gasteiger partial charge in [0, 0.05) is 29.3 Å². The van der Waals surface area contributed by atoms with Gasteiger partial charge in [0.2, 0.25) is 0 Å². The summed E-state index contributed by atoms with van der Waals surface area (Å²) in [7, 11) is 0.